The summed E-state index contributed by atoms with van der Waals surface area (Å²) in [6.07, 6.45) is 2.82. The number of hydrogen-bond acceptors (Lipinski definition) is 5. The second-order valence-electron chi connectivity index (χ2n) is 5.06. The van der Waals surface area contributed by atoms with Crippen LogP contribution in [0.3, 0.4) is 0 Å². The molecule has 1 aliphatic rings. The molecule has 0 aliphatic carbocycles. The fraction of sp³-hybridized carbons (Fsp3) is 0.286. The molecular weight excluding hydrogens is 318 g/mol. The second kappa shape index (κ2) is 5.38. The van der Waals surface area contributed by atoms with E-state index in [1.54, 1.807) is 6.20 Å². The molecule has 0 fully saturated rings. The maximum atomic E-state index is 5.41. The van der Waals surface area contributed by atoms with Gasteiger partial charge in [0.2, 0.25) is 5.95 Å². The maximum absolute atomic E-state index is 5.41. The maximum Gasteiger partial charge on any atom is 0.239 e. The summed E-state index contributed by atoms with van der Waals surface area (Å²) in [6, 6.07) is 8.44. The van der Waals surface area contributed by atoms with E-state index < -0.39 is 0 Å². The fourth-order valence-corrected chi connectivity index (χ4v) is 3.02. The van der Waals surface area contributed by atoms with E-state index in [0.717, 1.165) is 23.3 Å². The Kier molecular flexibility index (Phi) is 3.58. The van der Waals surface area contributed by atoms with Gasteiger partial charge in [-0.05, 0) is 39.9 Å². The first-order chi connectivity index (χ1) is 9.69. The number of fused-ring (bicyclic) bond motifs is 1. The summed E-state index contributed by atoms with van der Waals surface area (Å²) in [5.74, 6) is 7.24. The van der Waals surface area contributed by atoms with Crippen molar-refractivity contribution >= 4 is 33.4 Å². The molecule has 2 aromatic rings. The number of anilines is 3. The molecule has 1 atom stereocenters. The first-order valence-electron chi connectivity index (χ1n) is 6.53. The van der Waals surface area contributed by atoms with Crippen molar-refractivity contribution in [3.05, 3.63) is 40.5 Å². The van der Waals surface area contributed by atoms with Gasteiger partial charge in [0.25, 0.3) is 0 Å². The average molecular weight is 334 g/mol. The molecule has 1 aliphatic heterocycles. The van der Waals surface area contributed by atoms with Crippen molar-refractivity contribution in [1.29, 1.82) is 0 Å². The summed E-state index contributed by atoms with van der Waals surface area (Å²) < 4.78 is 0.861. The molecule has 3 N–H and O–H groups in total. The Morgan fingerprint density at radius 3 is 3.00 bits per heavy atom. The third-order valence-corrected chi connectivity index (χ3v) is 4.01. The van der Waals surface area contributed by atoms with Crippen molar-refractivity contribution in [1.82, 2.24) is 9.97 Å². The monoisotopic (exact) mass is 333 g/mol. The summed E-state index contributed by atoms with van der Waals surface area (Å²) in [4.78, 5) is 10.8. The van der Waals surface area contributed by atoms with Crippen LogP contribution in [0.1, 0.15) is 12.5 Å². The fourth-order valence-electron chi connectivity index (χ4n) is 2.61. The van der Waals surface area contributed by atoms with Crippen molar-refractivity contribution in [2.75, 3.05) is 16.9 Å². The van der Waals surface area contributed by atoms with Gasteiger partial charge in [0.05, 0.1) is 4.47 Å². The second-order valence-corrected chi connectivity index (χ2v) is 5.91. The summed E-state index contributed by atoms with van der Waals surface area (Å²) in [5.41, 5.74) is 5.05. The SMILES string of the molecule is CC1Cc2ccccc2N(c2nc(NN)ncc2Br)C1. The molecule has 0 saturated carbocycles. The van der Waals surface area contributed by atoms with Crippen LogP contribution in [0.5, 0.6) is 0 Å². The van der Waals surface area contributed by atoms with Gasteiger partial charge in [0, 0.05) is 18.4 Å². The Bertz CT molecular complexity index is 631. The van der Waals surface area contributed by atoms with E-state index in [1.807, 2.05) is 0 Å². The smallest absolute Gasteiger partial charge is 0.239 e. The molecule has 3 rings (SSSR count). The van der Waals surface area contributed by atoms with Crippen molar-refractivity contribution in [2.24, 2.45) is 11.8 Å². The van der Waals surface area contributed by atoms with Gasteiger partial charge in [-0.1, -0.05) is 25.1 Å². The standard InChI is InChI=1S/C14H16BrN5/c1-9-6-10-4-2-3-5-12(10)20(8-9)13-11(15)7-17-14(18-13)19-16/h2-5,7,9H,6,8,16H2,1H3,(H,17,18,19). The number of aromatic nitrogens is 2. The molecule has 104 valence electrons. The molecular formula is C14H16BrN5. The molecule has 1 aromatic carbocycles. The Morgan fingerprint density at radius 1 is 1.40 bits per heavy atom. The van der Waals surface area contributed by atoms with Crippen LogP contribution in [0.25, 0.3) is 0 Å². The van der Waals surface area contributed by atoms with Crippen LogP contribution in [-0.2, 0) is 6.42 Å². The number of rotatable bonds is 2. The van der Waals surface area contributed by atoms with Gasteiger partial charge < -0.3 is 4.90 Å². The predicted octanol–water partition coefficient (Wildman–Crippen LogP) is 2.86. The van der Waals surface area contributed by atoms with Crippen molar-refractivity contribution in [2.45, 2.75) is 13.3 Å². The highest BCUT2D eigenvalue weighted by Gasteiger charge is 2.25. The first-order valence-corrected chi connectivity index (χ1v) is 7.33. The zero-order valence-electron chi connectivity index (χ0n) is 11.2. The molecule has 0 bridgehead atoms. The highest BCUT2D eigenvalue weighted by Crippen LogP contribution is 2.37. The number of nitrogens with one attached hydrogen (secondary N) is 1. The lowest BCUT2D eigenvalue weighted by molar-refractivity contribution is 0.559. The number of benzene rings is 1. The van der Waals surface area contributed by atoms with E-state index in [9.17, 15) is 0 Å². The summed E-state index contributed by atoms with van der Waals surface area (Å²) in [5, 5.41) is 0. The normalized spacial score (nSPS) is 17.8. The Hall–Kier alpha value is -1.66. The van der Waals surface area contributed by atoms with Gasteiger partial charge in [0.15, 0.2) is 5.82 Å². The summed E-state index contributed by atoms with van der Waals surface area (Å²) >= 11 is 3.53. The lowest BCUT2D eigenvalue weighted by atomic mass is 9.94. The molecule has 1 unspecified atom stereocenters. The number of nitrogen functional groups attached to an aromatic ring is 1. The van der Waals surface area contributed by atoms with Crippen LogP contribution in [0.2, 0.25) is 0 Å². The quantitative estimate of drug-likeness (QED) is 0.653. The molecule has 2 heterocycles. The lowest BCUT2D eigenvalue weighted by Crippen LogP contribution is -2.31. The van der Waals surface area contributed by atoms with Crippen molar-refractivity contribution < 1.29 is 0 Å². The third kappa shape index (κ3) is 2.36. The zero-order chi connectivity index (χ0) is 14.1. The minimum atomic E-state index is 0.416. The van der Waals surface area contributed by atoms with E-state index in [2.05, 4.69) is 67.4 Å². The summed E-state index contributed by atoms with van der Waals surface area (Å²) in [6.45, 7) is 3.18. The lowest BCUT2D eigenvalue weighted by Gasteiger charge is -2.34. The Morgan fingerprint density at radius 2 is 2.20 bits per heavy atom. The van der Waals surface area contributed by atoms with Crippen LogP contribution in [-0.4, -0.2) is 16.5 Å². The van der Waals surface area contributed by atoms with Gasteiger partial charge in [-0.15, -0.1) is 0 Å². The molecule has 20 heavy (non-hydrogen) atoms. The van der Waals surface area contributed by atoms with Crippen LogP contribution < -0.4 is 16.2 Å². The molecule has 0 radical (unpaired) electrons. The van der Waals surface area contributed by atoms with E-state index in [-0.39, 0.29) is 0 Å². The van der Waals surface area contributed by atoms with Crippen LogP contribution in [0, 0.1) is 5.92 Å². The highest BCUT2D eigenvalue weighted by atomic mass is 79.9. The zero-order valence-corrected chi connectivity index (χ0v) is 12.8. The van der Waals surface area contributed by atoms with Crippen molar-refractivity contribution in [3.8, 4) is 0 Å². The van der Waals surface area contributed by atoms with Gasteiger partial charge in [-0.3, -0.25) is 5.43 Å². The minimum absolute atomic E-state index is 0.416. The third-order valence-electron chi connectivity index (χ3n) is 3.46. The van der Waals surface area contributed by atoms with Gasteiger partial charge in [0.1, 0.15) is 0 Å². The molecule has 0 spiro atoms. The van der Waals surface area contributed by atoms with E-state index in [4.69, 9.17) is 5.84 Å². The number of halogens is 1. The number of hydrazine groups is 1. The number of para-hydroxylation sites is 1. The van der Waals surface area contributed by atoms with Gasteiger partial charge in [-0.2, -0.15) is 4.98 Å². The largest absolute Gasteiger partial charge is 0.325 e. The van der Waals surface area contributed by atoms with Crippen LogP contribution >= 0.6 is 15.9 Å². The molecule has 0 saturated heterocycles. The molecule has 6 heteroatoms. The van der Waals surface area contributed by atoms with E-state index in [0.29, 0.717) is 11.9 Å². The van der Waals surface area contributed by atoms with Gasteiger partial charge in [-0.25, -0.2) is 10.8 Å². The highest BCUT2D eigenvalue weighted by molar-refractivity contribution is 9.10. The average Bonchev–Trinajstić information content (AvgIpc) is 2.47. The van der Waals surface area contributed by atoms with E-state index in [1.165, 1.54) is 11.3 Å². The molecule has 1 aromatic heterocycles. The Labute approximate surface area is 126 Å². The number of nitrogens with two attached hydrogens (primary N) is 1. The number of hydrogen-bond donors (Lipinski definition) is 2. The van der Waals surface area contributed by atoms with Crippen molar-refractivity contribution in [3.63, 3.8) is 0 Å². The van der Waals surface area contributed by atoms with Gasteiger partial charge >= 0.3 is 0 Å². The minimum Gasteiger partial charge on any atom is -0.325 e. The van der Waals surface area contributed by atoms with Crippen LogP contribution in [0.4, 0.5) is 17.5 Å². The molecule has 0 amide bonds. The molecule has 5 nitrogen and oxygen atoms in total. The number of nitrogens with zero attached hydrogens (tertiary/aromatic N) is 3. The Balaban J connectivity index is 2.10. The predicted molar refractivity (Wildman–Crippen MR) is 83.9 cm³/mol. The van der Waals surface area contributed by atoms with E-state index >= 15 is 0 Å². The first kappa shape index (κ1) is 13.3. The van der Waals surface area contributed by atoms with Crippen LogP contribution in [0.15, 0.2) is 34.9 Å². The summed E-state index contributed by atoms with van der Waals surface area (Å²) in [7, 11) is 0. The topological polar surface area (TPSA) is 67.1 Å².